The van der Waals surface area contributed by atoms with Gasteiger partial charge in [0.15, 0.2) is 0 Å². The van der Waals surface area contributed by atoms with Crippen molar-refractivity contribution in [3.8, 4) is 11.3 Å². The molecule has 164 valence electrons. The molecule has 30 heavy (non-hydrogen) atoms. The molecule has 0 radical (unpaired) electrons. The standard InChI is InChI=1S/C25H37N3O2/c1-7-27(8-2)23(29)21-11-9-10-20(18(21)3)22-17-28(24(26-22)25(4,5)6)16-19-12-14-30-15-13-19/h9-11,17,19H,7-8,12-16H2,1-6H3. The van der Waals surface area contributed by atoms with Gasteiger partial charge in [0.2, 0.25) is 0 Å². The summed E-state index contributed by atoms with van der Waals surface area (Å²) in [5, 5.41) is 0. The number of benzene rings is 1. The van der Waals surface area contributed by atoms with Crippen molar-refractivity contribution < 1.29 is 9.53 Å². The average molecular weight is 412 g/mol. The molecular weight excluding hydrogens is 374 g/mol. The van der Waals surface area contributed by atoms with Crippen LogP contribution in [0.3, 0.4) is 0 Å². The SMILES string of the molecule is CCN(CC)C(=O)c1cccc(-c2cn(CC3CCOCC3)c(C(C)(C)C)n2)c1C. The van der Waals surface area contributed by atoms with Crippen LogP contribution in [0.1, 0.15) is 69.2 Å². The minimum atomic E-state index is -0.0496. The van der Waals surface area contributed by atoms with Gasteiger partial charge < -0.3 is 14.2 Å². The number of rotatable bonds is 6. The monoisotopic (exact) mass is 411 g/mol. The molecule has 1 aliphatic heterocycles. The van der Waals surface area contributed by atoms with Crippen LogP contribution < -0.4 is 0 Å². The van der Waals surface area contributed by atoms with Crippen LogP contribution in [0.5, 0.6) is 0 Å². The second-order valence-corrected chi connectivity index (χ2v) is 9.36. The molecule has 5 heteroatoms. The maximum atomic E-state index is 13.0. The summed E-state index contributed by atoms with van der Waals surface area (Å²) in [5.74, 6) is 1.82. The molecule has 0 bridgehead atoms. The Hall–Kier alpha value is -2.14. The maximum Gasteiger partial charge on any atom is 0.254 e. The van der Waals surface area contributed by atoms with Gasteiger partial charge in [0.1, 0.15) is 5.82 Å². The Morgan fingerprint density at radius 1 is 1.20 bits per heavy atom. The second kappa shape index (κ2) is 9.34. The van der Waals surface area contributed by atoms with Crippen LogP contribution in [0.2, 0.25) is 0 Å². The predicted octanol–water partition coefficient (Wildman–Crippen LogP) is 5.06. The van der Waals surface area contributed by atoms with Crippen LogP contribution in [0.15, 0.2) is 24.4 Å². The van der Waals surface area contributed by atoms with Gasteiger partial charge in [-0.2, -0.15) is 0 Å². The molecule has 1 saturated heterocycles. The van der Waals surface area contributed by atoms with Crippen molar-refractivity contribution in [1.82, 2.24) is 14.5 Å². The maximum absolute atomic E-state index is 13.0. The lowest BCUT2D eigenvalue weighted by Gasteiger charge is -2.25. The van der Waals surface area contributed by atoms with Gasteiger partial charge in [0.25, 0.3) is 5.91 Å². The van der Waals surface area contributed by atoms with Gasteiger partial charge in [-0.25, -0.2) is 4.98 Å². The highest BCUT2D eigenvalue weighted by Gasteiger charge is 2.26. The average Bonchev–Trinajstić information content (AvgIpc) is 3.14. The van der Waals surface area contributed by atoms with E-state index in [4.69, 9.17) is 9.72 Å². The van der Waals surface area contributed by atoms with Crippen LogP contribution in [-0.4, -0.2) is 46.7 Å². The summed E-state index contributed by atoms with van der Waals surface area (Å²) in [4.78, 5) is 19.9. The Balaban J connectivity index is 1.99. The minimum absolute atomic E-state index is 0.0496. The molecule has 1 aromatic carbocycles. The van der Waals surface area contributed by atoms with Crippen molar-refractivity contribution >= 4 is 5.91 Å². The molecule has 1 aliphatic rings. The van der Waals surface area contributed by atoms with Crippen molar-refractivity contribution in [2.75, 3.05) is 26.3 Å². The van der Waals surface area contributed by atoms with Gasteiger partial charge >= 0.3 is 0 Å². The molecule has 2 aromatic rings. The fourth-order valence-electron chi connectivity index (χ4n) is 4.32. The fraction of sp³-hybridized carbons (Fsp3) is 0.600. The minimum Gasteiger partial charge on any atom is -0.381 e. The van der Waals surface area contributed by atoms with Crippen molar-refractivity contribution in [3.63, 3.8) is 0 Å². The van der Waals surface area contributed by atoms with Gasteiger partial charge in [0.05, 0.1) is 5.69 Å². The number of amides is 1. The van der Waals surface area contributed by atoms with E-state index in [-0.39, 0.29) is 11.3 Å². The van der Waals surface area contributed by atoms with Crippen LogP contribution in [0, 0.1) is 12.8 Å². The van der Waals surface area contributed by atoms with E-state index in [9.17, 15) is 4.79 Å². The summed E-state index contributed by atoms with van der Waals surface area (Å²) < 4.78 is 7.87. The molecule has 0 atom stereocenters. The van der Waals surface area contributed by atoms with E-state index < -0.39 is 0 Å². The highest BCUT2D eigenvalue weighted by Crippen LogP contribution is 2.31. The molecule has 1 aromatic heterocycles. The van der Waals surface area contributed by atoms with Crippen molar-refractivity contribution in [2.24, 2.45) is 5.92 Å². The number of imidazole rings is 1. The quantitative estimate of drug-likeness (QED) is 0.667. The van der Waals surface area contributed by atoms with E-state index in [0.717, 1.165) is 60.8 Å². The van der Waals surface area contributed by atoms with Crippen molar-refractivity contribution in [3.05, 3.63) is 41.3 Å². The highest BCUT2D eigenvalue weighted by molar-refractivity contribution is 5.97. The lowest BCUT2D eigenvalue weighted by atomic mass is 9.94. The lowest BCUT2D eigenvalue weighted by molar-refractivity contribution is 0.0607. The molecule has 0 spiro atoms. The molecule has 0 N–H and O–H groups in total. The molecule has 0 saturated carbocycles. The Bertz CT molecular complexity index is 869. The summed E-state index contributed by atoms with van der Waals surface area (Å²) in [5.41, 5.74) is 3.73. The third kappa shape index (κ3) is 4.77. The predicted molar refractivity (Wildman–Crippen MR) is 122 cm³/mol. The van der Waals surface area contributed by atoms with Crippen LogP contribution >= 0.6 is 0 Å². The van der Waals surface area contributed by atoms with Crippen molar-refractivity contribution in [2.45, 2.75) is 66.3 Å². The zero-order chi connectivity index (χ0) is 21.9. The summed E-state index contributed by atoms with van der Waals surface area (Å²) >= 11 is 0. The Kier molecular flexibility index (Phi) is 7.02. The van der Waals surface area contributed by atoms with Crippen molar-refractivity contribution in [1.29, 1.82) is 0 Å². The number of hydrogen-bond acceptors (Lipinski definition) is 3. The summed E-state index contributed by atoms with van der Waals surface area (Å²) in [6, 6.07) is 6.00. The Morgan fingerprint density at radius 2 is 1.87 bits per heavy atom. The number of nitrogens with zero attached hydrogens (tertiary/aromatic N) is 3. The normalized spacial score (nSPS) is 15.4. The molecule has 5 nitrogen and oxygen atoms in total. The fourth-order valence-corrected chi connectivity index (χ4v) is 4.32. The Morgan fingerprint density at radius 3 is 2.47 bits per heavy atom. The van der Waals surface area contributed by atoms with E-state index in [0.29, 0.717) is 19.0 Å². The lowest BCUT2D eigenvalue weighted by Crippen LogP contribution is -2.31. The van der Waals surface area contributed by atoms with E-state index >= 15 is 0 Å². The smallest absolute Gasteiger partial charge is 0.254 e. The molecule has 0 aliphatic carbocycles. The van der Waals surface area contributed by atoms with Crippen LogP contribution in [-0.2, 0) is 16.7 Å². The molecular formula is C25H37N3O2. The summed E-state index contributed by atoms with van der Waals surface area (Å²) in [7, 11) is 0. The number of carbonyl (C=O) groups is 1. The molecule has 1 fully saturated rings. The molecule has 0 unspecified atom stereocenters. The van der Waals surface area contributed by atoms with Crippen LogP contribution in [0.4, 0.5) is 0 Å². The number of hydrogen-bond donors (Lipinski definition) is 0. The first-order valence-electron chi connectivity index (χ1n) is 11.3. The van der Waals surface area contributed by atoms with Gasteiger partial charge in [0, 0.05) is 55.6 Å². The number of ether oxygens (including phenoxy) is 1. The topological polar surface area (TPSA) is 47.4 Å². The first-order valence-corrected chi connectivity index (χ1v) is 11.3. The zero-order valence-corrected chi connectivity index (χ0v) is 19.5. The molecule has 1 amide bonds. The van der Waals surface area contributed by atoms with E-state index in [1.54, 1.807) is 0 Å². The second-order valence-electron chi connectivity index (χ2n) is 9.36. The highest BCUT2D eigenvalue weighted by atomic mass is 16.5. The first-order chi connectivity index (χ1) is 14.3. The summed E-state index contributed by atoms with van der Waals surface area (Å²) in [6.45, 7) is 16.8. The number of aromatic nitrogens is 2. The van der Waals surface area contributed by atoms with E-state index in [1.807, 2.05) is 37.8 Å². The van der Waals surface area contributed by atoms with E-state index in [2.05, 4.69) is 37.6 Å². The number of carbonyl (C=O) groups excluding carboxylic acids is 1. The molecule has 3 rings (SSSR count). The third-order valence-electron chi connectivity index (χ3n) is 6.13. The van der Waals surface area contributed by atoms with Gasteiger partial charge in [-0.3, -0.25) is 4.79 Å². The largest absolute Gasteiger partial charge is 0.381 e. The van der Waals surface area contributed by atoms with Gasteiger partial charge in [-0.05, 0) is 51.2 Å². The summed E-state index contributed by atoms with van der Waals surface area (Å²) in [6.07, 6.45) is 4.39. The van der Waals surface area contributed by atoms with E-state index in [1.165, 1.54) is 0 Å². The van der Waals surface area contributed by atoms with Gasteiger partial charge in [-0.15, -0.1) is 0 Å². The van der Waals surface area contributed by atoms with Crippen LogP contribution in [0.25, 0.3) is 11.3 Å². The van der Waals surface area contributed by atoms with Gasteiger partial charge in [-0.1, -0.05) is 32.9 Å². The molecule has 2 heterocycles. The Labute approximate surface area is 181 Å². The first kappa shape index (κ1) is 22.5. The third-order valence-corrected chi connectivity index (χ3v) is 6.13. The zero-order valence-electron chi connectivity index (χ0n) is 19.5.